The second-order valence-corrected chi connectivity index (χ2v) is 5.82. The summed E-state index contributed by atoms with van der Waals surface area (Å²) < 4.78 is 0. The molecule has 0 aliphatic carbocycles. The van der Waals surface area contributed by atoms with Crippen molar-refractivity contribution in [2.45, 2.75) is 38.6 Å². The SMILES string of the molecule is CCCc1ccc(CC(CC(=O)O)NCCN(C)C)cc1. The molecule has 118 valence electrons. The Morgan fingerprint density at radius 2 is 1.86 bits per heavy atom. The van der Waals surface area contributed by atoms with Crippen LogP contribution in [-0.2, 0) is 17.6 Å². The fraction of sp³-hybridized carbons (Fsp3) is 0.588. The predicted octanol–water partition coefficient (Wildman–Crippen LogP) is 2.18. The van der Waals surface area contributed by atoms with Gasteiger partial charge in [-0.25, -0.2) is 0 Å². The van der Waals surface area contributed by atoms with Crippen molar-refractivity contribution in [1.82, 2.24) is 10.2 Å². The highest BCUT2D eigenvalue weighted by Crippen LogP contribution is 2.10. The van der Waals surface area contributed by atoms with Crippen molar-refractivity contribution in [3.05, 3.63) is 35.4 Å². The Morgan fingerprint density at radius 3 is 2.38 bits per heavy atom. The number of aryl methyl sites for hydroxylation is 1. The zero-order chi connectivity index (χ0) is 15.7. The van der Waals surface area contributed by atoms with Crippen LogP contribution in [0.3, 0.4) is 0 Å². The molecule has 4 nitrogen and oxygen atoms in total. The lowest BCUT2D eigenvalue weighted by Gasteiger charge is -2.19. The molecule has 0 aromatic heterocycles. The van der Waals surface area contributed by atoms with E-state index in [9.17, 15) is 4.79 Å². The molecular weight excluding hydrogens is 264 g/mol. The van der Waals surface area contributed by atoms with Gasteiger partial charge in [0.05, 0.1) is 6.42 Å². The minimum Gasteiger partial charge on any atom is -0.481 e. The van der Waals surface area contributed by atoms with Gasteiger partial charge in [0.2, 0.25) is 0 Å². The van der Waals surface area contributed by atoms with Crippen molar-refractivity contribution in [1.29, 1.82) is 0 Å². The van der Waals surface area contributed by atoms with Crippen molar-refractivity contribution in [2.75, 3.05) is 27.2 Å². The molecule has 0 spiro atoms. The third-order valence-corrected chi connectivity index (χ3v) is 3.46. The lowest BCUT2D eigenvalue weighted by Crippen LogP contribution is -2.37. The first kappa shape index (κ1) is 17.7. The van der Waals surface area contributed by atoms with Gasteiger partial charge in [-0.2, -0.15) is 0 Å². The van der Waals surface area contributed by atoms with Gasteiger partial charge in [-0.1, -0.05) is 37.6 Å². The Balaban J connectivity index is 2.55. The maximum absolute atomic E-state index is 11.0. The Kier molecular flexibility index (Phi) is 8.01. The number of hydrogen-bond donors (Lipinski definition) is 2. The summed E-state index contributed by atoms with van der Waals surface area (Å²) in [5.41, 5.74) is 2.54. The highest BCUT2D eigenvalue weighted by atomic mass is 16.4. The van der Waals surface area contributed by atoms with Gasteiger partial charge in [-0.15, -0.1) is 0 Å². The number of nitrogens with one attached hydrogen (secondary N) is 1. The van der Waals surface area contributed by atoms with Crippen LogP contribution in [0.5, 0.6) is 0 Å². The third kappa shape index (κ3) is 7.83. The molecule has 0 saturated carbocycles. The van der Waals surface area contributed by atoms with Crippen LogP contribution in [-0.4, -0.2) is 49.2 Å². The van der Waals surface area contributed by atoms with Crippen LogP contribution >= 0.6 is 0 Å². The molecule has 0 saturated heterocycles. The number of likely N-dealkylation sites (N-methyl/N-ethyl adjacent to an activating group) is 1. The summed E-state index contributed by atoms with van der Waals surface area (Å²) >= 11 is 0. The van der Waals surface area contributed by atoms with Gasteiger partial charge >= 0.3 is 5.97 Å². The minimum atomic E-state index is -0.750. The molecule has 1 atom stereocenters. The van der Waals surface area contributed by atoms with Crippen LogP contribution in [0, 0.1) is 0 Å². The van der Waals surface area contributed by atoms with Crippen LogP contribution in [0.2, 0.25) is 0 Å². The first-order chi connectivity index (χ1) is 10.0. The number of hydrogen-bond acceptors (Lipinski definition) is 3. The lowest BCUT2D eigenvalue weighted by molar-refractivity contribution is -0.137. The van der Waals surface area contributed by atoms with Crippen molar-refractivity contribution in [3.63, 3.8) is 0 Å². The minimum absolute atomic E-state index is 0.0144. The van der Waals surface area contributed by atoms with Gasteiger partial charge in [-0.05, 0) is 38.1 Å². The molecule has 1 aromatic carbocycles. The van der Waals surface area contributed by atoms with Gasteiger partial charge in [0.1, 0.15) is 0 Å². The standard InChI is InChI=1S/C17H28N2O2/c1-4-5-14-6-8-15(9-7-14)12-16(13-17(20)21)18-10-11-19(2)3/h6-9,16,18H,4-5,10-13H2,1-3H3,(H,20,21). The Bertz CT molecular complexity index is 415. The van der Waals surface area contributed by atoms with E-state index in [0.29, 0.717) is 0 Å². The number of carboxylic acid groups (broad SMARTS) is 1. The van der Waals surface area contributed by atoms with Crippen molar-refractivity contribution in [3.8, 4) is 0 Å². The van der Waals surface area contributed by atoms with E-state index < -0.39 is 5.97 Å². The van der Waals surface area contributed by atoms with Crippen LogP contribution in [0.1, 0.15) is 30.9 Å². The van der Waals surface area contributed by atoms with Gasteiger partial charge in [0, 0.05) is 19.1 Å². The zero-order valence-electron chi connectivity index (χ0n) is 13.4. The molecule has 1 unspecified atom stereocenters. The summed E-state index contributed by atoms with van der Waals surface area (Å²) in [6, 6.07) is 8.52. The van der Waals surface area contributed by atoms with E-state index in [1.54, 1.807) is 0 Å². The molecule has 1 aromatic rings. The van der Waals surface area contributed by atoms with Gasteiger partial charge in [0.15, 0.2) is 0 Å². The Labute approximate surface area is 128 Å². The summed E-state index contributed by atoms with van der Waals surface area (Å²) in [6.07, 6.45) is 3.16. The van der Waals surface area contributed by atoms with Crippen molar-refractivity contribution < 1.29 is 9.90 Å². The summed E-state index contributed by atoms with van der Waals surface area (Å²) in [5, 5.41) is 12.4. The van der Waals surface area contributed by atoms with Crippen molar-refractivity contribution in [2.24, 2.45) is 0 Å². The van der Waals surface area contributed by atoms with E-state index in [1.165, 1.54) is 11.1 Å². The van der Waals surface area contributed by atoms with Gasteiger partial charge in [-0.3, -0.25) is 4.79 Å². The van der Waals surface area contributed by atoms with E-state index in [2.05, 4.69) is 41.4 Å². The normalized spacial score (nSPS) is 12.6. The van der Waals surface area contributed by atoms with E-state index in [0.717, 1.165) is 32.4 Å². The van der Waals surface area contributed by atoms with E-state index >= 15 is 0 Å². The molecule has 0 heterocycles. The van der Waals surface area contributed by atoms with E-state index in [1.807, 2.05) is 14.1 Å². The summed E-state index contributed by atoms with van der Waals surface area (Å²) in [6.45, 7) is 3.88. The average molecular weight is 292 g/mol. The summed E-state index contributed by atoms with van der Waals surface area (Å²) in [4.78, 5) is 13.1. The van der Waals surface area contributed by atoms with Crippen LogP contribution < -0.4 is 5.32 Å². The first-order valence-electron chi connectivity index (χ1n) is 7.69. The molecule has 0 aliphatic heterocycles. The molecule has 0 bridgehead atoms. The summed E-state index contributed by atoms with van der Waals surface area (Å²) in [5.74, 6) is -0.750. The fourth-order valence-electron chi connectivity index (χ4n) is 2.33. The maximum Gasteiger partial charge on any atom is 0.304 e. The van der Waals surface area contributed by atoms with Gasteiger partial charge in [0.25, 0.3) is 0 Å². The number of carboxylic acids is 1. The molecular formula is C17H28N2O2. The number of aliphatic carboxylic acids is 1. The molecule has 0 aliphatic rings. The third-order valence-electron chi connectivity index (χ3n) is 3.46. The second kappa shape index (κ2) is 9.53. The molecule has 4 heteroatoms. The topological polar surface area (TPSA) is 52.6 Å². The van der Waals surface area contributed by atoms with Crippen LogP contribution in [0.15, 0.2) is 24.3 Å². The number of rotatable bonds is 10. The average Bonchev–Trinajstić information content (AvgIpc) is 2.40. The Morgan fingerprint density at radius 1 is 1.24 bits per heavy atom. The first-order valence-corrected chi connectivity index (χ1v) is 7.69. The summed E-state index contributed by atoms with van der Waals surface area (Å²) in [7, 11) is 4.03. The Hall–Kier alpha value is -1.39. The fourth-order valence-corrected chi connectivity index (χ4v) is 2.33. The number of carbonyl (C=O) groups is 1. The highest BCUT2D eigenvalue weighted by molar-refractivity contribution is 5.67. The van der Waals surface area contributed by atoms with Crippen LogP contribution in [0.25, 0.3) is 0 Å². The maximum atomic E-state index is 11.0. The van der Waals surface area contributed by atoms with E-state index in [4.69, 9.17) is 5.11 Å². The quantitative estimate of drug-likeness (QED) is 0.694. The van der Waals surface area contributed by atoms with Crippen LogP contribution in [0.4, 0.5) is 0 Å². The molecule has 0 fully saturated rings. The number of benzene rings is 1. The monoisotopic (exact) mass is 292 g/mol. The largest absolute Gasteiger partial charge is 0.481 e. The molecule has 1 rings (SSSR count). The second-order valence-electron chi connectivity index (χ2n) is 5.82. The number of nitrogens with zero attached hydrogens (tertiary/aromatic N) is 1. The smallest absolute Gasteiger partial charge is 0.304 e. The lowest BCUT2D eigenvalue weighted by atomic mass is 10.0. The molecule has 0 amide bonds. The molecule has 2 N–H and O–H groups in total. The zero-order valence-corrected chi connectivity index (χ0v) is 13.4. The molecule has 21 heavy (non-hydrogen) atoms. The van der Waals surface area contributed by atoms with E-state index in [-0.39, 0.29) is 12.5 Å². The van der Waals surface area contributed by atoms with Gasteiger partial charge < -0.3 is 15.3 Å². The molecule has 0 radical (unpaired) electrons. The predicted molar refractivity (Wildman–Crippen MR) is 86.7 cm³/mol. The highest BCUT2D eigenvalue weighted by Gasteiger charge is 2.13. The van der Waals surface area contributed by atoms with Crippen molar-refractivity contribution >= 4 is 5.97 Å².